The summed E-state index contributed by atoms with van der Waals surface area (Å²) < 4.78 is 12.3. The Morgan fingerprint density at radius 1 is 0.280 bits per heavy atom. The quantitative estimate of drug-likeness (QED) is 0.129. The molecule has 1 aliphatic rings. The van der Waals surface area contributed by atoms with E-state index in [1.165, 1.54) is 33.4 Å². The van der Waals surface area contributed by atoms with Crippen LogP contribution in [0.4, 0.5) is 34.1 Å². The highest BCUT2D eigenvalue weighted by molar-refractivity contribution is 5.92. The summed E-state index contributed by atoms with van der Waals surface area (Å²) in [6, 6.07) is 98.9. The lowest BCUT2D eigenvalue weighted by Gasteiger charge is -2.35. The first-order chi connectivity index (χ1) is 37.2. The van der Waals surface area contributed by atoms with Crippen LogP contribution in [0.1, 0.15) is 22.3 Å². The number of rotatable bonds is 11. The standard InChI is InChI=1S/C69H46N4O2/c1-5-17-51(18-6-1)69(52-19-7-2-8-20-52)61-45-50(47-29-36-55(37-30-47)72(53-21-9-3-10-22-53)56-38-31-48(32-39-56)67-70-63-25-13-15-27-65(63)74-67)35-43-59(61)60-44-42-58(46-62(60)69)73(54-23-11-4-12-24-54)57-40-33-49(34-41-57)68-71-64-26-14-16-28-66(64)75-68/h1-46H. The maximum Gasteiger partial charge on any atom is 0.227 e. The van der Waals surface area contributed by atoms with Crippen molar-refractivity contribution in [2.75, 3.05) is 9.80 Å². The number of para-hydroxylation sites is 6. The summed E-state index contributed by atoms with van der Waals surface area (Å²) in [7, 11) is 0. The van der Waals surface area contributed by atoms with Gasteiger partial charge in [0.1, 0.15) is 11.0 Å². The zero-order chi connectivity index (χ0) is 49.7. The topological polar surface area (TPSA) is 58.5 Å². The Kier molecular flexibility index (Phi) is 10.6. The van der Waals surface area contributed by atoms with E-state index in [1.54, 1.807) is 0 Å². The predicted octanol–water partition coefficient (Wildman–Crippen LogP) is 18.3. The predicted molar refractivity (Wildman–Crippen MR) is 305 cm³/mol. The van der Waals surface area contributed by atoms with Gasteiger partial charge in [-0.25, -0.2) is 9.97 Å². The molecule has 0 unspecified atom stereocenters. The highest BCUT2D eigenvalue weighted by Crippen LogP contribution is 2.58. The van der Waals surface area contributed by atoms with Crippen LogP contribution in [0, 0.1) is 0 Å². The van der Waals surface area contributed by atoms with Crippen LogP contribution in [0.15, 0.2) is 288 Å². The molecular weight excluding hydrogens is 917 g/mol. The van der Waals surface area contributed by atoms with E-state index >= 15 is 0 Å². The van der Waals surface area contributed by atoms with E-state index in [1.807, 2.05) is 48.5 Å². The Balaban J connectivity index is 0.867. The van der Waals surface area contributed by atoms with Crippen molar-refractivity contribution < 1.29 is 8.83 Å². The molecule has 0 radical (unpaired) electrons. The van der Waals surface area contributed by atoms with E-state index in [0.29, 0.717) is 11.8 Å². The molecule has 1 aliphatic carbocycles. The summed E-state index contributed by atoms with van der Waals surface area (Å²) >= 11 is 0. The molecule has 0 atom stereocenters. The molecule has 2 heterocycles. The number of oxazole rings is 2. The average molecular weight is 963 g/mol. The Morgan fingerprint density at radius 2 is 0.627 bits per heavy atom. The van der Waals surface area contributed by atoms with Gasteiger partial charge >= 0.3 is 0 Å². The van der Waals surface area contributed by atoms with Gasteiger partial charge in [0.2, 0.25) is 11.8 Å². The molecule has 2 aromatic heterocycles. The molecule has 6 nitrogen and oxygen atoms in total. The van der Waals surface area contributed by atoms with Gasteiger partial charge in [-0.05, 0) is 172 Å². The fourth-order valence-corrected chi connectivity index (χ4v) is 11.1. The third-order valence-electron chi connectivity index (χ3n) is 14.6. The zero-order valence-electron chi connectivity index (χ0n) is 40.7. The molecule has 11 aromatic carbocycles. The molecule has 354 valence electrons. The van der Waals surface area contributed by atoms with Crippen molar-refractivity contribution in [2.45, 2.75) is 5.41 Å². The lowest BCUT2D eigenvalue weighted by atomic mass is 9.67. The summed E-state index contributed by atoms with van der Waals surface area (Å²) in [5, 5.41) is 0. The number of fused-ring (bicyclic) bond motifs is 5. The van der Waals surface area contributed by atoms with E-state index in [2.05, 4.69) is 240 Å². The summed E-state index contributed by atoms with van der Waals surface area (Å²) in [5.41, 5.74) is 20.3. The number of hydrogen-bond donors (Lipinski definition) is 0. The van der Waals surface area contributed by atoms with Gasteiger partial charge < -0.3 is 18.6 Å². The van der Waals surface area contributed by atoms with Crippen molar-refractivity contribution in [1.29, 1.82) is 0 Å². The summed E-state index contributed by atoms with van der Waals surface area (Å²) in [4.78, 5) is 14.2. The molecular formula is C69H46N4O2. The molecule has 14 rings (SSSR count). The average Bonchev–Trinajstić information content (AvgIpc) is 4.27. The molecule has 0 spiro atoms. The van der Waals surface area contributed by atoms with Crippen LogP contribution < -0.4 is 9.80 Å². The van der Waals surface area contributed by atoms with Crippen LogP contribution >= 0.6 is 0 Å². The van der Waals surface area contributed by atoms with Crippen molar-refractivity contribution in [1.82, 2.24) is 9.97 Å². The number of benzene rings is 11. The first-order valence-corrected chi connectivity index (χ1v) is 25.3. The van der Waals surface area contributed by atoms with Gasteiger partial charge in [-0.1, -0.05) is 152 Å². The maximum atomic E-state index is 6.19. The Labute approximate surface area is 434 Å². The lowest BCUT2D eigenvalue weighted by molar-refractivity contribution is 0.619. The monoisotopic (exact) mass is 962 g/mol. The lowest BCUT2D eigenvalue weighted by Crippen LogP contribution is -2.28. The van der Waals surface area contributed by atoms with Crippen LogP contribution in [0.5, 0.6) is 0 Å². The minimum atomic E-state index is -0.646. The molecule has 0 fully saturated rings. The van der Waals surface area contributed by atoms with Gasteiger partial charge in [0.15, 0.2) is 11.2 Å². The number of anilines is 6. The largest absolute Gasteiger partial charge is 0.436 e. The Hall–Kier alpha value is -10.0. The zero-order valence-corrected chi connectivity index (χ0v) is 40.7. The number of hydrogen-bond acceptors (Lipinski definition) is 6. The van der Waals surface area contributed by atoms with Crippen LogP contribution in [-0.2, 0) is 5.41 Å². The second-order valence-corrected chi connectivity index (χ2v) is 18.9. The molecule has 0 aliphatic heterocycles. The second kappa shape index (κ2) is 18.2. The Bertz CT molecular complexity index is 4050. The van der Waals surface area contributed by atoms with Crippen LogP contribution in [0.3, 0.4) is 0 Å². The van der Waals surface area contributed by atoms with Crippen LogP contribution in [-0.4, -0.2) is 9.97 Å². The summed E-state index contributed by atoms with van der Waals surface area (Å²) in [6.45, 7) is 0. The molecule has 0 amide bonds. The molecule has 6 heteroatoms. The van der Waals surface area contributed by atoms with Gasteiger partial charge in [0.05, 0.1) is 5.41 Å². The van der Waals surface area contributed by atoms with E-state index in [4.69, 9.17) is 18.8 Å². The first-order valence-electron chi connectivity index (χ1n) is 25.3. The van der Waals surface area contributed by atoms with Gasteiger partial charge in [-0.15, -0.1) is 0 Å². The molecule has 13 aromatic rings. The van der Waals surface area contributed by atoms with Crippen molar-refractivity contribution in [2.24, 2.45) is 0 Å². The van der Waals surface area contributed by atoms with Crippen molar-refractivity contribution in [3.63, 3.8) is 0 Å². The third kappa shape index (κ3) is 7.58. The smallest absolute Gasteiger partial charge is 0.227 e. The molecule has 0 saturated heterocycles. The van der Waals surface area contributed by atoms with E-state index < -0.39 is 5.41 Å². The van der Waals surface area contributed by atoms with Crippen LogP contribution in [0.25, 0.3) is 67.4 Å². The third-order valence-corrected chi connectivity index (χ3v) is 14.6. The summed E-state index contributed by atoms with van der Waals surface area (Å²) in [6.07, 6.45) is 0. The minimum absolute atomic E-state index is 0.601. The fraction of sp³-hybridized carbons (Fsp3) is 0.0145. The molecule has 0 saturated carbocycles. The first kappa shape index (κ1) is 43.7. The normalized spacial score (nSPS) is 12.4. The summed E-state index contributed by atoms with van der Waals surface area (Å²) in [5.74, 6) is 1.21. The van der Waals surface area contributed by atoms with Crippen molar-refractivity contribution in [3.05, 3.63) is 301 Å². The highest BCUT2D eigenvalue weighted by Gasteiger charge is 2.46. The maximum absolute atomic E-state index is 6.19. The van der Waals surface area contributed by atoms with Crippen molar-refractivity contribution in [3.8, 4) is 45.2 Å². The minimum Gasteiger partial charge on any atom is -0.436 e. The SMILES string of the molecule is c1ccc(N(c2ccc(-c3ccc4c(c3)C(c3ccccc3)(c3ccccc3)c3cc(N(c5ccccc5)c5ccc(-c6nc7ccccc7o6)cc5)ccc3-4)cc2)c2ccc(-c3nc4ccccc4o3)cc2)cc1. The van der Waals surface area contributed by atoms with Crippen molar-refractivity contribution >= 4 is 56.3 Å². The van der Waals surface area contributed by atoms with Gasteiger partial charge in [0, 0.05) is 45.3 Å². The fourth-order valence-electron chi connectivity index (χ4n) is 11.1. The molecule has 75 heavy (non-hydrogen) atoms. The number of nitrogens with zero attached hydrogens (tertiary/aromatic N) is 4. The van der Waals surface area contributed by atoms with Gasteiger partial charge in [-0.3, -0.25) is 0 Å². The van der Waals surface area contributed by atoms with Crippen LogP contribution in [0.2, 0.25) is 0 Å². The number of aromatic nitrogens is 2. The highest BCUT2D eigenvalue weighted by atomic mass is 16.4. The van der Waals surface area contributed by atoms with E-state index in [0.717, 1.165) is 78.6 Å². The molecule has 0 bridgehead atoms. The second-order valence-electron chi connectivity index (χ2n) is 18.9. The van der Waals surface area contributed by atoms with Gasteiger partial charge in [-0.2, -0.15) is 0 Å². The van der Waals surface area contributed by atoms with Gasteiger partial charge in [0.25, 0.3) is 0 Å². The molecule has 0 N–H and O–H groups in total. The Morgan fingerprint density at radius 3 is 1.09 bits per heavy atom. The van der Waals surface area contributed by atoms with E-state index in [-0.39, 0.29) is 0 Å². The van der Waals surface area contributed by atoms with E-state index in [9.17, 15) is 0 Å².